The fourth-order valence-electron chi connectivity index (χ4n) is 2.25. The van der Waals surface area contributed by atoms with Crippen molar-refractivity contribution in [2.75, 3.05) is 7.05 Å². The molecule has 1 unspecified atom stereocenters. The fraction of sp³-hybridized carbons (Fsp3) is 0.538. The van der Waals surface area contributed by atoms with Crippen molar-refractivity contribution in [3.63, 3.8) is 0 Å². The molecule has 0 spiro atoms. The van der Waals surface area contributed by atoms with Crippen LogP contribution < -0.4 is 5.32 Å². The number of halogens is 2. The zero-order chi connectivity index (χ0) is 11.5. The molecule has 1 atom stereocenters. The summed E-state index contributed by atoms with van der Waals surface area (Å²) < 4.78 is 0. The third-order valence-electron chi connectivity index (χ3n) is 3.50. The van der Waals surface area contributed by atoms with E-state index in [9.17, 15) is 0 Å². The molecule has 1 aromatic carbocycles. The van der Waals surface area contributed by atoms with Gasteiger partial charge in [0.15, 0.2) is 0 Å². The lowest BCUT2D eigenvalue weighted by molar-refractivity contribution is 0.266. The topological polar surface area (TPSA) is 12.0 Å². The molecule has 88 valence electrons. The van der Waals surface area contributed by atoms with Gasteiger partial charge in [-0.25, -0.2) is 0 Å². The van der Waals surface area contributed by atoms with Crippen molar-refractivity contribution in [2.24, 2.45) is 5.92 Å². The molecular formula is C13H17Cl2N. The summed E-state index contributed by atoms with van der Waals surface area (Å²) in [5, 5.41) is 4.69. The van der Waals surface area contributed by atoms with Gasteiger partial charge in [-0.3, -0.25) is 0 Å². The van der Waals surface area contributed by atoms with Gasteiger partial charge in [0.2, 0.25) is 0 Å². The number of hydrogen-bond acceptors (Lipinski definition) is 1. The first-order valence-corrected chi connectivity index (χ1v) is 6.59. The van der Waals surface area contributed by atoms with E-state index in [4.69, 9.17) is 23.2 Å². The van der Waals surface area contributed by atoms with Gasteiger partial charge in [0.25, 0.3) is 0 Å². The van der Waals surface area contributed by atoms with Crippen LogP contribution in [0.25, 0.3) is 0 Å². The van der Waals surface area contributed by atoms with E-state index in [-0.39, 0.29) is 0 Å². The van der Waals surface area contributed by atoms with E-state index in [2.05, 4.69) is 11.4 Å². The summed E-state index contributed by atoms with van der Waals surface area (Å²) in [6.07, 6.45) is 5.26. The molecule has 0 bridgehead atoms. The average Bonchev–Trinajstić information content (AvgIpc) is 2.22. The predicted octanol–water partition coefficient (Wildman–Crippen LogP) is 4.44. The van der Waals surface area contributed by atoms with Gasteiger partial charge in [0, 0.05) is 6.04 Å². The van der Waals surface area contributed by atoms with Crippen molar-refractivity contribution in [3.05, 3.63) is 33.8 Å². The molecular weight excluding hydrogens is 241 g/mol. The largest absolute Gasteiger partial charge is 0.313 e. The van der Waals surface area contributed by atoms with E-state index in [1.54, 1.807) is 0 Å². The maximum Gasteiger partial charge on any atom is 0.0640 e. The third-order valence-corrected chi connectivity index (χ3v) is 4.33. The van der Waals surface area contributed by atoms with Gasteiger partial charge in [-0.05, 0) is 31.0 Å². The first-order chi connectivity index (χ1) is 7.72. The van der Waals surface area contributed by atoms with Gasteiger partial charge in [-0.1, -0.05) is 54.6 Å². The van der Waals surface area contributed by atoms with Crippen molar-refractivity contribution < 1.29 is 0 Å². The summed E-state index contributed by atoms with van der Waals surface area (Å²) in [6, 6.07) is 6.20. The molecule has 0 saturated heterocycles. The second-order valence-corrected chi connectivity index (χ2v) is 5.30. The number of hydrogen-bond donors (Lipinski definition) is 1. The van der Waals surface area contributed by atoms with Gasteiger partial charge < -0.3 is 5.32 Å². The predicted molar refractivity (Wildman–Crippen MR) is 70.2 cm³/mol. The highest BCUT2D eigenvalue weighted by Crippen LogP contribution is 2.37. The lowest BCUT2D eigenvalue weighted by Gasteiger charge is -2.30. The Morgan fingerprint density at radius 3 is 2.69 bits per heavy atom. The molecule has 3 heteroatoms. The van der Waals surface area contributed by atoms with E-state index < -0.39 is 0 Å². The molecule has 1 nitrogen and oxygen atoms in total. The molecule has 0 heterocycles. The maximum atomic E-state index is 6.24. The summed E-state index contributed by atoms with van der Waals surface area (Å²) in [6.45, 7) is 0. The molecule has 1 fully saturated rings. The molecule has 0 aromatic heterocycles. The third kappa shape index (κ3) is 2.53. The second kappa shape index (κ2) is 5.39. The minimum absolute atomic E-state index is 0.330. The summed E-state index contributed by atoms with van der Waals surface area (Å²) in [7, 11) is 1.99. The molecule has 0 amide bonds. The van der Waals surface area contributed by atoms with Crippen LogP contribution >= 0.6 is 23.2 Å². The fourth-order valence-corrected chi connectivity index (χ4v) is 2.69. The molecule has 0 aliphatic heterocycles. The summed E-state index contributed by atoms with van der Waals surface area (Å²) in [5.74, 6) is 0.854. The van der Waals surface area contributed by atoms with Gasteiger partial charge >= 0.3 is 0 Å². The Balaban J connectivity index is 2.15. The summed E-state index contributed by atoms with van der Waals surface area (Å²) in [5.41, 5.74) is 1.13. The lowest BCUT2D eigenvalue weighted by Crippen LogP contribution is -2.23. The Labute approximate surface area is 107 Å². The maximum absolute atomic E-state index is 6.24. The first kappa shape index (κ1) is 12.2. The van der Waals surface area contributed by atoms with Crippen molar-refractivity contribution in [1.82, 2.24) is 5.32 Å². The Morgan fingerprint density at radius 1 is 1.38 bits per heavy atom. The monoisotopic (exact) mass is 257 g/mol. The van der Waals surface area contributed by atoms with Crippen LogP contribution in [0.2, 0.25) is 10.0 Å². The van der Waals surface area contributed by atoms with Crippen LogP contribution in [0.4, 0.5) is 0 Å². The van der Waals surface area contributed by atoms with E-state index in [1.807, 2.05) is 19.2 Å². The Morgan fingerprint density at radius 2 is 2.12 bits per heavy atom. The van der Waals surface area contributed by atoms with Crippen LogP contribution in [0, 0.1) is 5.92 Å². The molecule has 16 heavy (non-hydrogen) atoms. The van der Waals surface area contributed by atoms with Crippen molar-refractivity contribution in [1.29, 1.82) is 0 Å². The molecule has 1 aliphatic rings. The zero-order valence-electron chi connectivity index (χ0n) is 9.47. The van der Waals surface area contributed by atoms with Crippen molar-refractivity contribution in [2.45, 2.75) is 31.7 Å². The Hall–Kier alpha value is -0.240. The van der Waals surface area contributed by atoms with E-state index >= 15 is 0 Å². The van der Waals surface area contributed by atoms with Crippen LogP contribution in [0.1, 0.15) is 37.3 Å². The van der Waals surface area contributed by atoms with Gasteiger partial charge in [0.1, 0.15) is 0 Å². The number of rotatable bonds is 4. The van der Waals surface area contributed by atoms with Gasteiger partial charge in [-0.2, -0.15) is 0 Å². The minimum atomic E-state index is 0.330. The molecule has 0 radical (unpaired) electrons. The van der Waals surface area contributed by atoms with Crippen LogP contribution in [0.15, 0.2) is 18.2 Å². The quantitative estimate of drug-likeness (QED) is 0.841. The van der Waals surface area contributed by atoms with Gasteiger partial charge in [0.05, 0.1) is 10.0 Å². The second-order valence-electron chi connectivity index (χ2n) is 4.52. The summed E-state index contributed by atoms with van der Waals surface area (Å²) in [4.78, 5) is 0. The van der Waals surface area contributed by atoms with E-state index in [1.165, 1.54) is 19.3 Å². The molecule has 1 N–H and O–H groups in total. The zero-order valence-corrected chi connectivity index (χ0v) is 11.0. The minimum Gasteiger partial charge on any atom is -0.313 e. The SMILES string of the molecule is CNC(CC1CCC1)c1cccc(Cl)c1Cl. The smallest absolute Gasteiger partial charge is 0.0640 e. The molecule has 1 saturated carbocycles. The van der Waals surface area contributed by atoms with E-state index in [0.29, 0.717) is 16.1 Å². The molecule has 2 rings (SSSR count). The van der Waals surface area contributed by atoms with Gasteiger partial charge in [-0.15, -0.1) is 0 Å². The number of nitrogens with one attached hydrogen (secondary N) is 1. The van der Waals surface area contributed by atoms with Crippen molar-refractivity contribution in [3.8, 4) is 0 Å². The highest BCUT2D eigenvalue weighted by atomic mass is 35.5. The molecule has 1 aromatic rings. The van der Waals surface area contributed by atoms with Crippen LogP contribution in [-0.4, -0.2) is 7.05 Å². The summed E-state index contributed by atoms with van der Waals surface area (Å²) >= 11 is 12.3. The molecule has 1 aliphatic carbocycles. The average molecular weight is 258 g/mol. The van der Waals surface area contributed by atoms with Crippen LogP contribution in [0.3, 0.4) is 0 Å². The standard InChI is InChI=1S/C13H17Cl2N/c1-16-12(8-9-4-2-5-9)10-6-3-7-11(14)13(10)15/h3,6-7,9,12,16H,2,4-5,8H2,1H3. The first-order valence-electron chi connectivity index (χ1n) is 5.83. The van der Waals surface area contributed by atoms with Crippen LogP contribution in [-0.2, 0) is 0 Å². The lowest BCUT2D eigenvalue weighted by atomic mass is 9.79. The van der Waals surface area contributed by atoms with Crippen molar-refractivity contribution >= 4 is 23.2 Å². The normalized spacial score (nSPS) is 18.2. The highest BCUT2D eigenvalue weighted by Gasteiger charge is 2.23. The number of benzene rings is 1. The Bertz CT molecular complexity index is 361. The highest BCUT2D eigenvalue weighted by molar-refractivity contribution is 6.42. The van der Waals surface area contributed by atoms with E-state index in [0.717, 1.165) is 17.9 Å². The van der Waals surface area contributed by atoms with Crippen LogP contribution in [0.5, 0.6) is 0 Å². The Kier molecular flexibility index (Phi) is 4.12.